The van der Waals surface area contributed by atoms with Crippen molar-refractivity contribution in [2.75, 3.05) is 80.4 Å². The van der Waals surface area contributed by atoms with Crippen LogP contribution >= 0.6 is 94.2 Å². The Balaban J connectivity index is 4.79. The van der Waals surface area contributed by atoms with E-state index in [2.05, 4.69) is 30.6 Å². The lowest BCUT2D eigenvalue weighted by Gasteiger charge is -2.25. The molecule has 1 N–H and O–H groups in total. The summed E-state index contributed by atoms with van der Waals surface area (Å²) in [5.74, 6) is 5.03. The van der Waals surface area contributed by atoms with E-state index >= 15 is 0 Å². The molecule has 0 aliphatic carbocycles. The molecule has 422 valence electrons. The Bertz CT molecular complexity index is 1120. The van der Waals surface area contributed by atoms with Crippen LogP contribution in [0.5, 0.6) is 0 Å². The largest absolute Gasteiger partial charge is 0.462 e. The molecular formula is C53H104N2O7S9. The van der Waals surface area contributed by atoms with Crippen LogP contribution in [0.15, 0.2) is 0 Å². The van der Waals surface area contributed by atoms with E-state index in [1.165, 1.54) is 154 Å². The van der Waals surface area contributed by atoms with Crippen molar-refractivity contribution >= 4 is 112 Å². The van der Waals surface area contributed by atoms with Crippen LogP contribution in [0.3, 0.4) is 0 Å². The van der Waals surface area contributed by atoms with Gasteiger partial charge in [0.05, 0.1) is 25.9 Å². The van der Waals surface area contributed by atoms with Gasteiger partial charge in [-0.1, -0.05) is 220 Å². The first-order valence-corrected chi connectivity index (χ1v) is 39.5. The van der Waals surface area contributed by atoms with Gasteiger partial charge in [0, 0.05) is 60.7 Å². The van der Waals surface area contributed by atoms with Gasteiger partial charge >= 0.3 is 17.9 Å². The summed E-state index contributed by atoms with van der Waals surface area (Å²) in [7, 11) is 16.3. The summed E-state index contributed by atoms with van der Waals surface area (Å²) in [6.07, 6.45) is 33.0. The molecule has 3 atom stereocenters. The Morgan fingerprint density at radius 3 is 0.915 bits per heavy atom. The standard InChI is InChI=1S/C53H104N2O7S9/c1-7-10-13-16-19-22-25-28-42-63-69-66-45-48(4)60-51(57)32-37-54(38-33-52(58)61-49(5)46-67-70-64-43-29-26-23-20-17-14-11-8-2)35-31-36-55(40-41-56)39-34-53(59)62-50(6)47-68-71-65-44-30-27-24-21-18-15-12-9-3/h48-50,56H,7-47H2,1-6H3. The van der Waals surface area contributed by atoms with E-state index in [-0.39, 0.29) is 62.1 Å². The summed E-state index contributed by atoms with van der Waals surface area (Å²) in [5, 5.41) is 9.84. The number of ether oxygens (including phenoxy) is 3. The Hall–Kier alpha value is 1.44. The minimum Gasteiger partial charge on any atom is -0.462 e. The van der Waals surface area contributed by atoms with Gasteiger partial charge in [-0.05, 0) is 89.0 Å². The third-order valence-electron chi connectivity index (χ3n) is 11.7. The van der Waals surface area contributed by atoms with Crippen LogP contribution in [-0.2, 0) is 28.6 Å². The number of hydrogen-bond donors (Lipinski definition) is 1. The number of rotatable bonds is 57. The molecule has 0 rings (SSSR count). The highest BCUT2D eigenvalue weighted by Crippen LogP contribution is 2.37. The Kier molecular flexibility index (Phi) is 58.8. The van der Waals surface area contributed by atoms with Crippen molar-refractivity contribution in [1.82, 2.24) is 9.80 Å². The van der Waals surface area contributed by atoms with E-state index in [4.69, 9.17) is 14.2 Å². The van der Waals surface area contributed by atoms with E-state index in [0.29, 0.717) is 39.3 Å². The number of nitrogens with zero attached hydrogens (tertiary/aromatic N) is 2. The van der Waals surface area contributed by atoms with E-state index in [9.17, 15) is 19.5 Å². The lowest BCUT2D eigenvalue weighted by molar-refractivity contribution is -0.148. The zero-order valence-corrected chi connectivity index (χ0v) is 53.0. The fraction of sp³-hybridized carbons (Fsp3) is 0.943. The number of hydrogen-bond acceptors (Lipinski definition) is 18. The third-order valence-corrected chi connectivity index (χ3v) is 25.1. The van der Waals surface area contributed by atoms with Crippen molar-refractivity contribution in [3.63, 3.8) is 0 Å². The van der Waals surface area contributed by atoms with Gasteiger partial charge < -0.3 is 29.1 Å². The average molecular weight is 1170 g/mol. The van der Waals surface area contributed by atoms with Crippen LogP contribution in [0.1, 0.15) is 221 Å². The van der Waals surface area contributed by atoms with Gasteiger partial charge in [-0.15, -0.1) is 0 Å². The molecule has 0 aromatic carbocycles. The van der Waals surface area contributed by atoms with E-state index in [1.54, 1.807) is 61.9 Å². The summed E-state index contributed by atoms with van der Waals surface area (Å²) >= 11 is 0. The number of carbonyl (C=O) groups is 3. The summed E-state index contributed by atoms with van der Waals surface area (Å²) in [6, 6.07) is 0. The quantitative estimate of drug-likeness (QED) is 0.0270. The molecule has 3 unspecified atom stereocenters. The molecule has 71 heavy (non-hydrogen) atoms. The van der Waals surface area contributed by atoms with Crippen LogP contribution in [0.2, 0.25) is 0 Å². The molecule has 0 radical (unpaired) electrons. The average Bonchev–Trinajstić information content (AvgIpc) is 3.34. The Labute approximate surface area is 471 Å². The first kappa shape index (κ1) is 72.4. The lowest BCUT2D eigenvalue weighted by atomic mass is 10.1. The van der Waals surface area contributed by atoms with Gasteiger partial charge in [0.2, 0.25) is 0 Å². The fourth-order valence-electron chi connectivity index (χ4n) is 7.49. The molecule has 0 bridgehead atoms. The lowest BCUT2D eigenvalue weighted by Crippen LogP contribution is -2.35. The number of unbranched alkanes of at least 4 members (excludes halogenated alkanes) is 21. The molecule has 0 aliphatic rings. The van der Waals surface area contributed by atoms with Crippen molar-refractivity contribution in [2.45, 2.75) is 240 Å². The molecule has 0 fully saturated rings. The summed E-state index contributed by atoms with van der Waals surface area (Å²) in [5.41, 5.74) is 0. The molecule has 18 heteroatoms. The van der Waals surface area contributed by atoms with Gasteiger partial charge in [0.15, 0.2) is 0 Å². The maximum Gasteiger partial charge on any atom is 0.307 e. The SMILES string of the molecule is CCCCCCCCCCSSSCC(C)OC(=O)CCN(CCO)CCCN(CCC(=O)OC(C)CSSSCCCCCCCCCC)CCC(=O)OC(C)CSSSCCCCCCCCCC. The topological polar surface area (TPSA) is 106 Å². The second kappa shape index (κ2) is 57.6. The summed E-state index contributed by atoms with van der Waals surface area (Å²) in [4.78, 5) is 43.1. The van der Waals surface area contributed by atoms with Crippen LogP contribution in [0.25, 0.3) is 0 Å². The molecular weight excluding hydrogens is 1070 g/mol. The number of carbonyl (C=O) groups excluding carboxylic acids is 3. The number of aliphatic hydroxyl groups excluding tert-OH is 1. The zero-order chi connectivity index (χ0) is 52.1. The van der Waals surface area contributed by atoms with E-state index < -0.39 is 0 Å². The maximum absolute atomic E-state index is 13.0. The molecule has 0 heterocycles. The van der Waals surface area contributed by atoms with Crippen LogP contribution < -0.4 is 0 Å². The molecule has 0 saturated heterocycles. The number of esters is 3. The van der Waals surface area contributed by atoms with Gasteiger partial charge in [-0.3, -0.25) is 14.4 Å². The highest BCUT2D eigenvalue weighted by molar-refractivity contribution is 9.10. The van der Waals surface area contributed by atoms with Gasteiger partial charge in [-0.2, -0.15) is 0 Å². The van der Waals surface area contributed by atoms with Crippen LogP contribution in [0.4, 0.5) is 0 Å². The van der Waals surface area contributed by atoms with Crippen molar-refractivity contribution in [2.24, 2.45) is 0 Å². The Morgan fingerprint density at radius 1 is 0.366 bits per heavy atom. The van der Waals surface area contributed by atoms with Gasteiger partial charge in [-0.25, -0.2) is 0 Å². The van der Waals surface area contributed by atoms with E-state index in [1.807, 2.05) is 53.2 Å². The summed E-state index contributed by atoms with van der Waals surface area (Å²) < 4.78 is 17.3. The predicted molar refractivity (Wildman–Crippen MR) is 330 cm³/mol. The molecule has 0 aromatic heterocycles. The Morgan fingerprint density at radius 2 is 0.634 bits per heavy atom. The molecule has 0 spiro atoms. The molecule has 0 saturated carbocycles. The second-order valence-corrected chi connectivity index (χ2v) is 32.0. The summed E-state index contributed by atoms with van der Waals surface area (Å²) in [6.45, 7) is 15.9. The minimum absolute atomic E-state index is 0.00281. The van der Waals surface area contributed by atoms with Crippen molar-refractivity contribution in [3.05, 3.63) is 0 Å². The smallest absolute Gasteiger partial charge is 0.307 e. The molecule has 0 aliphatic heterocycles. The second-order valence-electron chi connectivity index (χ2n) is 18.9. The monoisotopic (exact) mass is 1170 g/mol. The molecule has 0 amide bonds. The van der Waals surface area contributed by atoms with Gasteiger partial charge in [0.1, 0.15) is 18.3 Å². The molecule has 0 aromatic rings. The van der Waals surface area contributed by atoms with Crippen molar-refractivity contribution < 1.29 is 33.7 Å². The van der Waals surface area contributed by atoms with Crippen molar-refractivity contribution in [1.29, 1.82) is 0 Å². The van der Waals surface area contributed by atoms with Crippen LogP contribution in [0, 0.1) is 0 Å². The first-order valence-electron chi connectivity index (χ1n) is 28.0. The van der Waals surface area contributed by atoms with Crippen LogP contribution in [-0.4, -0.2) is 132 Å². The first-order chi connectivity index (χ1) is 34.6. The number of aliphatic hydroxyl groups is 1. The normalized spacial score (nSPS) is 13.0. The van der Waals surface area contributed by atoms with E-state index in [0.717, 1.165) is 40.9 Å². The third kappa shape index (κ3) is 54.6. The minimum atomic E-state index is -0.227. The maximum atomic E-state index is 13.0. The van der Waals surface area contributed by atoms with Crippen molar-refractivity contribution in [3.8, 4) is 0 Å². The highest BCUT2D eigenvalue weighted by Gasteiger charge is 2.18. The zero-order valence-electron chi connectivity index (χ0n) is 45.7. The molecule has 9 nitrogen and oxygen atoms in total. The highest BCUT2D eigenvalue weighted by atomic mass is 33.5. The van der Waals surface area contributed by atoms with Gasteiger partial charge in [0.25, 0.3) is 0 Å². The predicted octanol–water partition coefficient (Wildman–Crippen LogP) is 17.4. The fourth-order valence-corrected chi connectivity index (χ4v) is 19.5.